The third kappa shape index (κ3) is 3.52. The molecule has 6 nitrogen and oxygen atoms in total. The van der Waals surface area contributed by atoms with Crippen LogP contribution in [0.25, 0.3) is 11.5 Å². The number of aryl methyl sites for hydroxylation is 2. The summed E-state index contributed by atoms with van der Waals surface area (Å²) in [5.41, 5.74) is 0.755. The quantitative estimate of drug-likeness (QED) is 0.907. The summed E-state index contributed by atoms with van der Waals surface area (Å²) in [6.07, 6.45) is 4.97. The molecule has 0 atom stereocenters. The SMILES string of the molecule is Cc1cc(-c2nnc(NC(=O)CSC3CCCC3)o2)c(C)o1. The molecule has 1 N–H and O–H groups in total. The van der Waals surface area contributed by atoms with Gasteiger partial charge in [-0.3, -0.25) is 10.1 Å². The number of furan rings is 1. The number of amides is 1. The molecule has 22 heavy (non-hydrogen) atoms. The first kappa shape index (κ1) is 15.1. The van der Waals surface area contributed by atoms with Gasteiger partial charge < -0.3 is 8.83 Å². The second kappa shape index (κ2) is 6.56. The highest BCUT2D eigenvalue weighted by molar-refractivity contribution is 8.00. The summed E-state index contributed by atoms with van der Waals surface area (Å²) in [5, 5.41) is 11.1. The molecule has 1 amide bonds. The van der Waals surface area contributed by atoms with E-state index in [-0.39, 0.29) is 11.9 Å². The van der Waals surface area contributed by atoms with Crippen LogP contribution in [0.3, 0.4) is 0 Å². The van der Waals surface area contributed by atoms with Gasteiger partial charge in [0.1, 0.15) is 11.5 Å². The number of hydrogen-bond acceptors (Lipinski definition) is 6. The Morgan fingerprint density at radius 3 is 2.77 bits per heavy atom. The summed E-state index contributed by atoms with van der Waals surface area (Å²) in [7, 11) is 0. The highest BCUT2D eigenvalue weighted by Gasteiger charge is 2.18. The summed E-state index contributed by atoms with van der Waals surface area (Å²) in [4.78, 5) is 11.9. The summed E-state index contributed by atoms with van der Waals surface area (Å²) in [6, 6.07) is 1.97. The van der Waals surface area contributed by atoms with Crippen molar-refractivity contribution < 1.29 is 13.6 Å². The summed E-state index contributed by atoms with van der Waals surface area (Å²) in [5.74, 6) is 2.17. The van der Waals surface area contributed by atoms with Crippen molar-refractivity contribution in [2.24, 2.45) is 0 Å². The van der Waals surface area contributed by atoms with E-state index in [1.54, 1.807) is 11.8 Å². The number of aromatic nitrogens is 2. The first-order valence-electron chi connectivity index (χ1n) is 7.44. The fourth-order valence-corrected chi connectivity index (χ4v) is 3.76. The number of carbonyl (C=O) groups excluding carboxylic acids is 1. The molecule has 0 saturated heterocycles. The van der Waals surface area contributed by atoms with Gasteiger partial charge in [-0.15, -0.1) is 16.9 Å². The molecule has 2 aromatic heterocycles. The molecule has 0 aromatic carbocycles. The Morgan fingerprint density at radius 2 is 2.09 bits per heavy atom. The molecule has 0 aliphatic heterocycles. The Balaban J connectivity index is 1.57. The van der Waals surface area contributed by atoms with Gasteiger partial charge in [0.15, 0.2) is 0 Å². The first-order valence-corrected chi connectivity index (χ1v) is 8.49. The molecule has 0 bridgehead atoms. The average molecular weight is 321 g/mol. The molecule has 118 valence electrons. The smallest absolute Gasteiger partial charge is 0.322 e. The van der Waals surface area contributed by atoms with Crippen LogP contribution in [0.4, 0.5) is 6.01 Å². The molecule has 2 heterocycles. The maximum Gasteiger partial charge on any atom is 0.322 e. The Hall–Kier alpha value is -1.76. The minimum absolute atomic E-state index is 0.104. The zero-order valence-electron chi connectivity index (χ0n) is 12.7. The van der Waals surface area contributed by atoms with Crippen molar-refractivity contribution in [2.45, 2.75) is 44.8 Å². The standard InChI is InChI=1S/C15H19N3O3S/c1-9-7-12(10(2)20-9)14-17-18-15(21-14)16-13(19)8-22-11-5-3-4-6-11/h7,11H,3-6,8H2,1-2H3,(H,16,18,19). The van der Waals surface area contributed by atoms with Crippen molar-refractivity contribution in [1.29, 1.82) is 0 Å². The van der Waals surface area contributed by atoms with Crippen LogP contribution in [0.15, 0.2) is 14.9 Å². The van der Waals surface area contributed by atoms with E-state index in [2.05, 4.69) is 15.5 Å². The van der Waals surface area contributed by atoms with E-state index in [9.17, 15) is 4.79 Å². The summed E-state index contributed by atoms with van der Waals surface area (Å²) < 4.78 is 10.9. The van der Waals surface area contributed by atoms with E-state index in [1.807, 2.05) is 19.9 Å². The Morgan fingerprint density at radius 1 is 1.32 bits per heavy atom. The third-order valence-corrected chi connectivity index (χ3v) is 5.07. The Labute approximate surface area is 133 Å². The van der Waals surface area contributed by atoms with Gasteiger partial charge in [-0.05, 0) is 32.8 Å². The van der Waals surface area contributed by atoms with Crippen LogP contribution in [0.2, 0.25) is 0 Å². The van der Waals surface area contributed by atoms with Crippen molar-refractivity contribution in [2.75, 3.05) is 11.1 Å². The molecule has 3 rings (SSSR count). The number of thioether (sulfide) groups is 1. The van der Waals surface area contributed by atoms with E-state index < -0.39 is 0 Å². The fraction of sp³-hybridized carbons (Fsp3) is 0.533. The molecular formula is C15H19N3O3S. The number of anilines is 1. The predicted octanol–water partition coefficient (Wildman–Crippen LogP) is 3.56. The monoisotopic (exact) mass is 321 g/mol. The van der Waals surface area contributed by atoms with Crippen molar-refractivity contribution in [3.05, 3.63) is 17.6 Å². The second-order valence-corrected chi connectivity index (χ2v) is 6.79. The second-order valence-electron chi connectivity index (χ2n) is 5.50. The molecular weight excluding hydrogens is 302 g/mol. The van der Waals surface area contributed by atoms with Crippen molar-refractivity contribution in [3.8, 4) is 11.5 Å². The van der Waals surface area contributed by atoms with E-state index in [1.165, 1.54) is 25.7 Å². The molecule has 7 heteroatoms. The summed E-state index contributed by atoms with van der Waals surface area (Å²) >= 11 is 1.70. The third-order valence-electron chi connectivity index (χ3n) is 3.70. The highest BCUT2D eigenvalue weighted by Crippen LogP contribution is 2.29. The zero-order valence-corrected chi connectivity index (χ0v) is 13.5. The molecule has 0 spiro atoms. The lowest BCUT2D eigenvalue weighted by Crippen LogP contribution is -2.16. The zero-order chi connectivity index (χ0) is 15.5. The lowest BCUT2D eigenvalue weighted by Gasteiger charge is -2.07. The lowest BCUT2D eigenvalue weighted by molar-refractivity contribution is -0.113. The van der Waals surface area contributed by atoms with E-state index >= 15 is 0 Å². The highest BCUT2D eigenvalue weighted by atomic mass is 32.2. The van der Waals surface area contributed by atoms with E-state index in [4.69, 9.17) is 8.83 Å². The topological polar surface area (TPSA) is 81.2 Å². The number of nitrogens with zero attached hydrogens (tertiary/aromatic N) is 2. The van der Waals surface area contributed by atoms with Gasteiger partial charge in [-0.25, -0.2) is 0 Å². The van der Waals surface area contributed by atoms with Crippen LogP contribution in [0.5, 0.6) is 0 Å². The minimum Gasteiger partial charge on any atom is -0.466 e. The Bertz CT molecular complexity index is 659. The van der Waals surface area contributed by atoms with Crippen LogP contribution in [-0.4, -0.2) is 27.1 Å². The van der Waals surface area contributed by atoms with Crippen LogP contribution in [0.1, 0.15) is 37.2 Å². The van der Waals surface area contributed by atoms with E-state index in [0.29, 0.717) is 16.9 Å². The number of nitrogens with one attached hydrogen (secondary N) is 1. The first-order chi connectivity index (χ1) is 10.6. The fourth-order valence-electron chi connectivity index (χ4n) is 2.63. The molecule has 1 aliphatic rings. The van der Waals surface area contributed by atoms with Gasteiger partial charge in [-0.2, -0.15) is 0 Å². The normalized spacial score (nSPS) is 15.4. The molecule has 0 radical (unpaired) electrons. The molecule has 1 fully saturated rings. The van der Waals surface area contributed by atoms with Gasteiger partial charge in [-0.1, -0.05) is 17.9 Å². The maximum absolute atomic E-state index is 11.9. The van der Waals surface area contributed by atoms with Crippen molar-refractivity contribution >= 4 is 23.7 Å². The number of rotatable bonds is 5. The van der Waals surface area contributed by atoms with Gasteiger partial charge in [0, 0.05) is 5.25 Å². The van der Waals surface area contributed by atoms with Gasteiger partial charge >= 0.3 is 6.01 Å². The lowest BCUT2D eigenvalue weighted by atomic mass is 10.2. The maximum atomic E-state index is 11.9. The average Bonchev–Trinajstić information content (AvgIpc) is 3.18. The van der Waals surface area contributed by atoms with Gasteiger partial charge in [0.05, 0.1) is 11.3 Å². The Kier molecular flexibility index (Phi) is 4.52. The summed E-state index contributed by atoms with van der Waals surface area (Å²) in [6.45, 7) is 3.69. The number of carbonyl (C=O) groups is 1. The molecule has 2 aromatic rings. The van der Waals surface area contributed by atoms with Crippen LogP contribution >= 0.6 is 11.8 Å². The molecule has 0 unspecified atom stereocenters. The van der Waals surface area contributed by atoms with Crippen LogP contribution in [-0.2, 0) is 4.79 Å². The van der Waals surface area contributed by atoms with Gasteiger partial charge in [0.25, 0.3) is 5.89 Å². The largest absolute Gasteiger partial charge is 0.466 e. The molecule has 1 aliphatic carbocycles. The van der Waals surface area contributed by atoms with Crippen molar-refractivity contribution in [3.63, 3.8) is 0 Å². The molecule has 1 saturated carbocycles. The number of hydrogen-bond donors (Lipinski definition) is 1. The minimum atomic E-state index is -0.104. The predicted molar refractivity (Wildman–Crippen MR) is 84.8 cm³/mol. The van der Waals surface area contributed by atoms with Crippen LogP contribution < -0.4 is 5.32 Å². The van der Waals surface area contributed by atoms with Crippen LogP contribution in [0, 0.1) is 13.8 Å². The van der Waals surface area contributed by atoms with Crippen molar-refractivity contribution in [1.82, 2.24) is 10.2 Å². The van der Waals surface area contributed by atoms with Gasteiger partial charge in [0.2, 0.25) is 5.91 Å². The van der Waals surface area contributed by atoms with E-state index in [0.717, 1.165) is 17.1 Å².